The molecule has 0 aromatic heterocycles. The summed E-state index contributed by atoms with van der Waals surface area (Å²) in [6.45, 7) is -0.327. The zero-order valence-corrected chi connectivity index (χ0v) is 13.3. The Kier molecular flexibility index (Phi) is 5.61. The molecule has 0 saturated carbocycles. The molecule has 110 valence electrons. The minimum atomic E-state index is -0.308. The number of anilines is 1. The van der Waals surface area contributed by atoms with Crippen molar-refractivity contribution in [2.45, 2.75) is 6.61 Å². The summed E-state index contributed by atoms with van der Waals surface area (Å²) in [5, 5.41) is 12.5. The van der Waals surface area contributed by atoms with Crippen molar-refractivity contribution in [3.05, 3.63) is 57.5 Å². The minimum absolute atomic E-state index is 0.162. The number of aliphatic hydroxyl groups excluding tert-OH is 1. The number of aliphatic hydroxyl groups is 1. The van der Waals surface area contributed by atoms with Crippen LogP contribution in [0.4, 0.5) is 5.69 Å². The first kappa shape index (κ1) is 15.8. The Morgan fingerprint density at radius 3 is 2.76 bits per heavy atom. The third kappa shape index (κ3) is 4.46. The van der Waals surface area contributed by atoms with Crippen LogP contribution in [0, 0.1) is 0 Å². The average Bonchev–Trinajstić information content (AvgIpc) is 2.45. The van der Waals surface area contributed by atoms with Gasteiger partial charge in [-0.15, -0.1) is 0 Å². The number of ether oxygens (including phenoxy) is 1. The van der Waals surface area contributed by atoms with Gasteiger partial charge in [-0.25, -0.2) is 0 Å². The number of amides is 1. The quantitative estimate of drug-likeness (QED) is 0.845. The Bertz CT molecular complexity index is 649. The third-order valence-electron chi connectivity index (χ3n) is 2.67. The van der Waals surface area contributed by atoms with Gasteiger partial charge in [0.2, 0.25) is 0 Å². The number of nitrogens with one attached hydrogen (secondary N) is 1. The summed E-state index contributed by atoms with van der Waals surface area (Å²) in [5.74, 6) is 0.151. The maximum absolute atomic E-state index is 11.9. The fraction of sp³-hybridized carbons (Fsp3) is 0.133. The highest BCUT2D eigenvalue weighted by Gasteiger charge is 2.10. The number of para-hydroxylation sites is 1. The zero-order chi connectivity index (χ0) is 15.2. The van der Waals surface area contributed by atoms with Gasteiger partial charge in [0.25, 0.3) is 5.91 Å². The van der Waals surface area contributed by atoms with E-state index in [9.17, 15) is 9.90 Å². The highest BCUT2D eigenvalue weighted by Crippen LogP contribution is 2.29. The lowest BCUT2D eigenvalue weighted by molar-refractivity contribution is -0.118. The second kappa shape index (κ2) is 7.45. The highest BCUT2D eigenvalue weighted by molar-refractivity contribution is 9.10. The largest absolute Gasteiger partial charge is 0.482 e. The van der Waals surface area contributed by atoms with Crippen molar-refractivity contribution in [2.24, 2.45) is 0 Å². The van der Waals surface area contributed by atoms with Crippen LogP contribution in [0.3, 0.4) is 0 Å². The van der Waals surface area contributed by atoms with E-state index in [-0.39, 0.29) is 19.1 Å². The molecule has 0 unspecified atom stereocenters. The Labute approximate surface area is 135 Å². The van der Waals surface area contributed by atoms with Gasteiger partial charge in [-0.3, -0.25) is 4.79 Å². The monoisotopic (exact) mass is 369 g/mol. The van der Waals surface area contributed by atoms with E-state index >= 15 is 0 Å². The van der Waals surface area contributed by atoms with Gasteiger partial charge in [-0.1, -0.05) is 29.8 Å². The molecule has 21 heavy (non-hydrogen) atoms. The van der Waals surface area contributed by atoms with Crippen LogP contribution in [-0.2, 0) is 11.4 Å². The average molecular weight is 371 g/mol. The molecular weight excluding hydrogens is 358 g/mol. The number of halogens is 2. The number of carbonyl (C=O) groups is 1. The van der Waals surface area contributed by atoms with Crippen molar-refractivity contribution >= 4 is 39.1 Å². The molecule has 2 aromatic rings. The van der Waals surface area contributed by atoms with E-state index in [1.54, 1.807) is 42.5 Å². The van der Waals surface area contributed by atoms with Crippen LogP contribution in [0.25, 0.3) is 0 Å². The van der Waals surface area contributed by atoms with Crippen LogP contribution < -0.4 is 10.1 Å². The second-order valence-corrected chi connectivity index (χ2v) is 5.52. The van der Waals surface area contributed by atoms with E-state index in [4.69, 9.17) is 16.3 Å². The van der Waals surface area contributed by atoms with Crippen LogP contribution in [0.15, 0.2) is 46.9 Å². The van der Waals surface area contributed by atoms with E-state index in [0.29, 0.717) is 26.5 Å². The van der Waals surface area contributed by atoms with Crippen molar-refractivity contribution in [3.8, 4) is 5.75 Å². The van der Waals surface area contributed by atoms with Crippen molar-refractivity contribution in [1.29, 1.82) is 0 Å². The molecule has 0 aliphatic carbocycles. The SMILES string of the molecule is O=C(COc1c(Br)cccc1CO)Nc1cccc(Cl)c1. The van der Waals surface area contributed by atoms with Crippen LogP contribution in [-0.4, -0.2) is 17.6 Å². The fourth-order valence-corrected chi connectivity index (χ4v) is 2.45. The molecule has 0 saturated heterocycles. The summed E-state index contributed by atoms with van der Waals surface area (Å²) in [5.41, 5.74) is 1.21. The predicted octanol–water partition coefficient (Wildman–Crippen LogP) is 3.61. The van der Waals surface area contributed by atoms with Gasteiger partial charge >= 0.3 is 0 Å². The standard InChI is InChI=1S/C15H13BrClNO3/c16-13-6-1-3-10(8-19)15(13)21-9-14(20)18-12-5-2-4-11(17)7-12/h1-7,19H,8-9H2,(H,18,20). The summed E-state index contributed by atoms with van der Waals surface area (Å²) in [7, 11) is 0. The Morgan fingerprint density at radius 1 is 1.29 bits per heavy atom. The molecule has 0 bridgehead atoms. The van der Waals surface area contributed by atoms with Gasteiger partial charge in [0, 0.05) is 16.3 Å². The number of hydrogen-bond acceptors (Lipinski definition) is 3. The number of hydrogen-bond donors (Lipinski definition) is 2. The lowest BCUT2D eigenvalue weighted by atomic mass is 10.2. The lowest BCUT2D eigenvalue weighted by Gasteiger charge is -2.12. The first-order valence-electron chi connectivity index (χ1n) is 6.16. The summed E-state index contributed by atoms with van der Waals surface area (Å²) >= 11 is 9.17. The van der Waals surface area contributed by atoms with Gasteiger partial charge < -0.3 is 15.2 Å². The minimum Gasteiger partial charge on any atom is -0.482 e. The Hall–Kier alpha value is -1.56. The van der Waals surface area contributed by atoms with Gasteiger partial charge in [0.1, 0.15) is 5.75 Å². The third-order valence-corrected chi connectivity index (χ3v) is 3.53. The summed E-state index contributed by atoms with van der Waals surface area (Å²) in [4.78, 5) is 11.9. The number of rotatable bonds is 5. The van der Waals surface area contributed by atoms with Crippen molar-refractivity contribution in [3.63, 3.8) is 0 Å². The molecule has 0 aliphatic rings. The van der Waals surface area contributed by atoms with Gasteiger partial charge in [0.05, 0.1) is 11.1 Å². The van der Waals surface area contributed by atoms with Crippen LogP contribution in [0.1, 0.15) is 5.56 Å². The molecule has 6 heteroatoms. The van der Waals surface area contributed by atoms with Gasteiger partial charge in [-0.2, -0.15) is 0 Å². The Morgan fingerprint density at radius 2 is 2.05 bits per heavy atom. The first-order chi connectivity index (χ1) is 10.1. The summed E-state index contributed by atoms with van der Waals surface area (Å²) in [6.07, 6.45) is 0. The molecule has 0 atom stereocenters. The van der Waals surface area contributed by atoms with Crippen LogP contribution in [0.5, 0.6) is 5.75 Å². The molecule has 0 aliphatic heterocycles. The molecule has 1 amide bonds. The fourth-order valence-electron chi connectivity index (χ4n) is 1.74. The van der Waals surface area contributed by atoms with Crippen LogP contribution in [0.2, 0.25) is 5.02 Å². The summed E-state index contributed by atoms with van der Waals surface area (Å²) < 4.78 is 6.16. The number of benzene rings is 2. The molecule has 0 radical (unpaired) electrons. The van der Waals surface area contributed by atoms with E-state index in [1.807, 2.05) is 0 Å². The van der Waals surface area contributed by atoms with E-state index in [2.05, 4.69) is 21.2 Å². The second-order valence-electron chi connectivity index (χ2n) is 4.23. The summed E-state index contributed by atoms with van der Waals surface area (Å²) in [6, 6.07) is 12.2. The van der Waals surface area contributed by atoms with E-state index in [0.717, 1.165) is 0 Å². The molecule has 4 nitrogen and oxygen atoms in total. The van der Waals surface area contributed by atoms with Crippen molar-refractivity contribution in [1.82, 2.24) is 0 Å². The normalized spacial score (nSPS) is 10.2. The lowest BCUT2D eigenvalue weighted by Crippen LogP contribution is -2.20. The molecule has 0 spiro atoms. The predicted molar refractivity (Wildman–Crippen MR) is 85.6 cm³/mol. The van der Waals surface area contributed by atoms with E-state index < -0.39 is 0 Å². The van der Waals surface area contributed by atoms with Crippen molar-refractivity contribution in [2.75, 3.05) is 11.9 Å². The molecule has 0 heterocycles. The molecule has 2 aromatic carbocycles. The van der Waals surface area contributed by atoms with Gasteiger partial charge in [0.15, 0.2) is 6.61 Å². The highest BCUT2D eigenvalue weighted by atomic mass is 79.9. The molecular formula is C15H13BrClNO3. The topological polar surface area (TPSA) is 58.6 Å². The maximum atomic E-state index is 11.9. The number of carbonyl (C=O) groups excluding carboxylic acids is 1. The molecule has 0 fully saturated rings. The molecule has 2 N–H and O–H groups in total. The zero-order valence-electron chi connectivity index (χ0n) is 11.0. The Balaban J connectivity index is 1.99. The van der Waals surface area contributed by atoms with Crippen LogP contribution >= 0.6 is 27.5 Å². The smallest absolute Gasteiger partial charge is 0.262 e. The van der Waals surface area contributed by atoms with Gasteiger partial charge in [-0.05, 0) is 40.2 Å². The van der Waals surface area contributed by atoms with E-state index in [1.165, 1.54) is 0 Å². The van der Waals surface area contributed by atoms with Crippen molar-refractivity contribution < 1.29 is 14.6 Å². The molecule has 2 rings (SSSR count). The maximum Gasteiger partial charge on any atom is 0.262 e. The first-order valence-corrected chi connectivity index (χ1v) is 7.33.